The largest absolute Gasteiger partial charge is 0.355 e. The molecule has 0 saturated heterocycles. The second-order valence-electron chi connectivity index (χ2n) is 6.05. The van der Waals surface area contributed by atoms with E-state index in [0.717, 1.165) is 32.1 Å². The highest BCUT2D eigenvalue weighted by Crippen LogP contribution is 2.01. The molecular formula is C22H37NOS. The van der Waals surface area contributed by atoms with E-state index in [1.54, 1.807) is 0 Å². The van der Waals surface area contributed by atoms with Crippen LogP contribution in [0.25, 0.3) is 0 Å². The molecule has 0 bridgehead atoms. The van der Waals surface area contributed by atoms with E-state index >= 15 is 0 Å². The number of carbonyl (C=O) groups excluding carboxylic acids is 1. The van der Waals surface area contributed by atoms with Crippen LogP contribution in [-0.4, -0.2) is 18.2 Å². The van der Waals surface area contributed by atoms with Crippen LogP contribution in [0.1, 0.15) is 71.1 Å². The topological polar surface area (TPSA) is 29.1 Å². The second kappa shape index (κ2) is 20.8. The van der Waals surface area contributed by atoms with Gasteiger partial charge in [0, 0.05) is 18.7 Å². The fraction of sp³-hybridized carbons (Fsp3) is 0.591. The molecular weight excluding hydrogens is 326 g/mol. The molecule has 0 spiro atoms. The van der Waals surface area contributed by atoms with Crippen molar-refractivity contribution in [3.05, 3.63) is 48.6 Å². The molecule has 0 unspecified atom stereocenters. The molecule has 0 aromatic heterocycles. The average Bonchev–Trinajstić information content (AvgIpc) is 2.62. The fourth-order valence-electron chi connectivity index (χ4n) is 2.23. The fourth-order valence-corrected chi connectivity index (χ4v) is 2.34. The summed E-state index contributed by atoms with van der Waals surface area (Å²) in [5, 5.41) is 2.83. The van der Waals surface area contributed by atoms with Crippen LogP contribution in [0.15, 0.2) is 48.6 Å². The SMILES string of the molecule is CCCCC/C=C/C/C=C/C/C=C/C/C=C/CCCC(=O)NCCS. The third-order valence-electron chi connectivity index (χ3n) is 3.67. The Morgan fingerprint density at radius 2 is 1.32 bits per heavy atom. The number of unbranched alkanes of at least 4 members (excludes halogenated alkanes) is 4. The van der Waals surface area contributed by atoms with Crippen LogP contribution < -0.4 is 5.32 Å². The number of hydrogen-bond donors (Lipinski definition) is 2. The number of allylic oxidation sites excluding steroid dienone is 8. The van der Waals surface area contributed by atoms with Gasteiger partial charge in [-0.15, -0.1) is 0 Å². The highest BCUT2D eigenvalue weighted by atomic mass is 32.1. The molecule has 0 saturated carbocycles. The summed E-state index contributed by atoms with van der Waals surface area (Å²) in [5.41, 5.74) is 0. The zero-order valence-corrected chi connectivity index (χ0v) is 16.9. The zero-order valence-electron chi connectivity index (χ0n) is 16.0. The van der Waals surface area contributed by atoms with Crippen molar-refractivity contribution >= 4 is 18.5 Å². The van der Waals surface area contributed by atoms with Crippen molar-refractivity contribution in [1.29, 1.82) is 0 Å². The van der Waals surface area contributed by atoms with Crippen molar-refractivity contribution in [2.75, 3.05) is 12.3 Å². The number of rotatable bonds is 16. The Bertz CT molecular complexity index is 410. The predicted molar refractivity (Wildman–Crippen MR) is 115 cm³/mol. The number of nitrogens with one attached hydrogen (secondary N) is 1. The lowest BCUT2D eigenvalue weighted by Crippen LogP contribution is -2.24. The van der Waals surface area contributed by atoms with Gasteiger partial charge < -0.3 is 5.32 Å². The Hall–Kier alpha value is -1.22. The highest BCUT2D eigenvalue weighted by molar-refractivity contribution is 7.80. The summed E-state index contributed by atoms with van der Waals surface area (Å²) in [5.74, 6) is 0.827. The number of carbonyl (C=O) groups is 1. The van der Waals surface area contributed by atoms with Crippen molar-refractivity contribution in [1.82, 2.24) is 5.32 Å². The predicted octanol–water partition coefficient (Wildman–Crippen LogP) is 6.18. The smallest absolute Gasteiger partial charge is 0.220 e. The molecule has 0 aliphatic rings. The summed E-state index contributed by atoms with van der Waals surface area (Å²) in [7, 11) is 0. The molecule has 1 N–H and O–H groups in total. The summed E-state index contributed by atoms with van der Waals surface area (Å²) in [6.45, 7) is 2.90. The molecule has 0 aliphatic heterocycles. The van der Waals surface area contributed by atoms with Gasteiger partial charge in [-0.05, 0) is 44.9 Å². The maximum atomic E-state index is 11.4. The second-order valence-corrected chi connectivity index (χ2v) is 6.50. The Kier molecular flexibility index (Phi) is 19.8. The monoisotopic (exact) mass is 363 g/mol. The van der Waals surface area contributed by atoms with E-state index in [1.807, 2.05) is 0 Å². The molecule has 0 heterocycles. The first-order valence-corrected chi connectivity index (χ1v) is 10.4. The molecule has 142 valence electrons. The van der Waals surface area contributed by atoms with Crippen molar-refractivity contribution < 1.29 is 4.79 Å². The van der Waals surface area contributed by atoms with Gasteiger partial charge in [0.05, 0.1) is 0 Å². The molecule has 0 aromatic carbocycles. The first-order valence-electron chi connectivity index (χ1n) is 9.78. The molecule has 1 amide bonds. The minimum atomic E-state index is 0.130. The van der Waals surface area contributed by atoms with Crippen LogP contribution >= 0.6 is 12.6 Å². The third-order valence-corrected chi connectivity index (χ3v) is 3.89. The molecule has 2 nitrogen and oxygen atoms in total. The van der Waals surface area contributed by atoms with Crippen molar-refractivity contribution in [3.63, 3.8) is 0 Å². The van der Waals surface area contributed by atoms with E-state index in [9.17, 15) is 4.79 Å². The van der Waals surface area contributed by atoms with E-state index in [0.29, 0.717) is 18.7 Å². The van der Waals surface area contributed by atoms with E-state index < -0.39 is 0 Å². The summed E-state index contributed by atoms with van der Waals surface area (Å²) in [6.07, 6.45) is 28.4. The van der Waals surface area contributed by atoms with Crippen molar-refractivity contribution in [3.8, 4) is 0 Å². The molecule has 0 rings (SSSR count). The summed E-state index contributed by atoms with van der Waals surface area (Å²) in [4.78, 5) is 11.4. The molecule has 0 aliphatic carbocycles. The van der Waals surface area contributed by atoms with E-state index in [2.05, 4.69) is 73.5 Å². The van der Waals surface area contributed by atoms with E-state index in [-0.39, 0.29) is 5.91 Å². The summed E-state index contributed by atoms with van der Waals surface area (Å²) in [6, 6.07) is 0. The van der Waals surface area contributed by atoms with Gasteiger partial charge in [-0.25, -0.2) is 0 Å². The van der Waals surface area contributed by atoms with Gasteiger partial charge in [-0.2, -0.15) is 12.6 Å². The molecule has 0 fully saturated rings. The van der Waals surface area contributed by atoms with Gasteiger partial charge in [0.25, 0.3) is 0 Å². The van der Waals surface area contributed by atoms with Gasteiger partial charge in [0.2, 0.25) is 5.91 Å². The van der Waals surface area contributed by atoms with Crippen molar-refractivity contribution in [2.24, 2.45) is 0 Å². The summed E-state index contributed by atoms with van der Waals surface area (Å²) < 4.78 is 0. The van der Waals surface area contributed by atoms with Crippen LogP contribution in [0.3, 0.4) is 0 Å². The number of amides is 1. The van der Waals surface area contributed by atoms with E-state index in [1.165, 1.54) is 25.7 Å². The first kappa shape index (κ1) is 23.8. The Labute approximate surface area is 161 Å². The highest BCUT2D eigenvalue weighted by Gasteiger charge is 1.97. The molecule has 0 atom stereocenters. The van der Waals surface area contributed by atoms with Gasteiger partial charge in [0.15, 0.2) is 0 Å². The first-order chi connectivity index (χ1) is 12.3. The molecule has 25 heavy (non-hydrogen) atoms. The maximum Gasteiger partial charge on any atom is 0.220 e. The lowest BCUT2D eigenvalue weighted by molar-refractivity contribution is -0.121. The van der Waals surface area contributed by atoms with Crippen LogP contribution in [0, 0.1) is 0 Å². The minimum Gasteiger partial charge on any atom is -0.355 e. The number of thiol groups is 1. The molecule has 0 aromatic rings. The van der Waals surface area contributed by atoms with Gasteiger partial charge >= 0.3 is 0 Å². The quantitative estimate of drug-likeness (QED) is 0.191. The Morgan fingerprint density at radius 1 is 0.800 bits per heavy atom. The van der Waals surface area contributed by atoms with E-state index in [4.69, 9.17) is 0 Å². The minimum absolute atomic E-state index is 0.130. The third kappa shape index (κ3) is 20.7. The lowest BCUT2D eigenvalue weighted by Gasteiger charge is -2.00. The van der Waals surface area contributed by atoms with Crippen LogP contribution in [-0.2, 0) is 4.79 Å². The molecule has 3 heteroatoms. The zero-order chi connectivity index (χ0) is 18.4. The summed E-state index contributed by atoms with van der Waals surface area (Å²) >= 11 is 4.06. The van der Waals surface area contributed by atoms with Crippen LogP contribution in [0.5, 0.6) is 0 Å². The van der Waals surface area contributed by atoms with Crippen LogP contribution in [0.4, 0.5) is 0 Å². The van der Waals surface area contributed by atoms with Gasteiger partial charge in [-0.1, -0.05) is 68.4 Å². The molecule has 0 radical (unpaired) electrons. The Morgan fingerprint density at radius 3 is 1.84 bits per heavy atom. The number of hydrogen-bond acceptors (Lipinski definition) is 2. The van der Waals surface area contributed by atoms with Crippen LogP contribution in [0.2, 0.25) is 0 Å². The maximum absolute atomic E-state index is 11.4. The Balaban J connectivity index is 3.44. The average molecular weight is 364 g/mol. The van der Waals surface area contributed by atoms with Gasteiger partial charge in [-0.3, -0.25) is 4.79 Å². The normalized spacial score (nSPS) is 12.2. The lowest BCUT2D eigenvalue weighted by atomic mass is 10.2. The van der Waals surface area contributed by atoms with Gasteiger partial charge in [0.1, 0.15) is 0 Å². The van der Waals surface area contributed by atoms with Crippen molar-refractivity contribution in [2.45, 2.75) is 71.1 Å². The standard InChI is InChI=1S/C22H37NOS/c1-2-3-4-5-6-7-8-9-10-11-12-13-14-15-16-17-18-19-22(24)23-20-21-25/h6-7,9-10,12-13,15-16,25H,2-5,8,11,14,17-21H2,1H3,(H,23,24)/b7-6+,10-9+,13-12+,16-15+.